The fraction of sp³-hybridized carbons (Fsp3) is 1.00. The highest BCUT2D eigenvalue weighted by Crippen LogP contribution is 2.46. The molecule has 0 saturated heterocycles. The predicted molar refractivity (Wildman–Crippen MR) is 83.8 cm³/mol. The zero-order chi connectivity index (χ0) is 14.1. The highest BCUT2D eigenvalue weighted by Gasteiger charge is 2.38. The lowest BCUT2D eigenvalue weighted by atomic mass is 9.61. The molecule has 0 aliphatic rings. The molecule has 0 aliphatic heterocycles. The van der Waals surface area contributed by atoms with Gasteiger partial charge < -0.3 is 5.73 Å². The van der Waals surface area contributed by atoms with E-state index in [4.69, 9.17) is 5.73 Å². The van der Waals surface area contributed by atoms with E-state index in [1.807, 2.05) is 0 Å². The van der Waals surface area contributed by atoms with Crippen molar-refractivity contribution in [2.75, 3.05) is 6.54 Å². The summed E-state index contributed by atoms with van der Waals surface area (Å²) in [7, 11) is 0. The Bertz CT molecular complexity index is 198. The van der Waals surface area contributed by atoms with Crippen molar-refractivity contribution in [1.29, 1.82) is 0 Å². The van der Waals surface area contributed by atoms with Gasteiger partial charge in [-0.25, -0.2) is 0 Å². The van der Waals surface area contributed by atoms with Crippen molar-refractivity contribution in [3.63, 3.8) is 0 Å². The summed E-state index contributed by atoms with van der Waals surface area (Å²) in [6.45, 7) is 12.6. The molecule has 0 aromatic rings. The van der Waals surface area contributed by atoms with Gasteiger partial charge in [-0.3, -0.25) is 0 Å². The first kappa shape index (κ1) is 18.0. The maximum atomic E-state index is 6.03. The maximum Gasteiger partial charge on any atom is -0.00206 e. The summed E-state index contributed by atoms with van der Waals surface area (Å²) in [5.41, 5.74) is 6.72. The van der Waals surface area contributed by atoms with Crippen molar-refractivity contribution in [3.8, 4) is 0 Å². The van der Waals surface area contributed by atoms with Gasteiger partial charge in [0.05, 0.1) is 0 Å². The Hall–Kier alpha value is -0.0400. The first-order valence-electron chi connectivity index (χ1n) is 8.13. The van der Waals surface area contributed by atoms with E-state index < -0.39 is 0 Å². The fourth-order valence-electron chi connectivity index (χ4n) is 2.76. The first-order valence-corrected chi connectivity index (χ1v) is 8.13. The number of nitrogens with two attached hydrogens (primary N) is 1. The molecule has 18 heavy (non-hydrogen) atoms. The summed E-state index contributed by atoms with van der Waals surface area (Å²) in [4.78, 5) is 0. The molecular weight excluding hydrogens is 218 g/mol. The average molecular weight is 255 g/mol. The van der Waals surface area contributed by atoms with Gasteiger partial charge in [0, 0.05) is 0 Å². The molecule has 110 valence electrons. The highest BCUT2D eigenvalue weighted by atomic mass is 14.6. The zero-order valence-corrected chi connectivity index (χ0v) is 13.6. The van der Waals surface area contributed by atoms with Gasteiger partial charge in [0.2, 0.25) is 0 Å². The van der Waals surface area contributed by atoms with Crippen LogP contribution in [0.3, 0.4) is 0 Å². The van der Waals surface area contributed by atoms with E-state index in [0.717, 1.165) is 6.54 Å². The van der Waals surface area contributed by atoms with Crippen molar-refractivity contribution in [1.82, 2.24) is 0 Å². The van der Waals surface area contributed by atoms with Gasteiger partial charge in [0.15, 0.2) is 0 Å². The van der Waals surface area contributed by atoms with Crippen molar-refractivity contribution in [2.45, 2.75) is 92.4 Å². The predicted octanol–water partition coefficient (Wildman–Crippen LogP) is 5.53. The van der Waals surface area contributed by atoms with Crippen LogP contribution >= 0.6 is 0 Å². The number of hydrogen-bond acceptors (Lipinski definition) is 1. The third-order valence-electron chi connectivity index (χ3n) is 5.06. The molecular formula is C17H37N. The number of rotatable bonds is 11. The Labute approximate surface area is 116 Å². The second-order valence-corrected chi connectivity index (χ2v) is 6.92. The van der Waals surface area contributed by atoms with Crippen LogP contribution in [0.2, 0.25) is 0 Å². The Kier molecular flexibility index (Phi) is 8.94. The van der Waals surface area contributed by atoms with Crippen molar-refractivity contribution in [3.05, 3.63) is 0 Å². The summed E-state index contributed by atoms with van der Waals surface area (Å²) < 4.78 is 0. The third-order valence-corrected chi connectivity index (χ3v) is 5.06. The van der Waals surface area contributed by atoms with Crippen LogP contribution < -0.4 is 5.73 Å². The van der Waals surface area contributed by atoms with Crippen LogP contribution in [-0.4, -0.2) is 6.54 Å². The van der Waals surface area contributed by atoms with Gasteiger partial charge in [-0.1, -0.05) is 79.6 Å². The molecule has 0 amide bonds. The lowest BCUT2D eigenvalue weighted by Gasteiger charge is -2.44. The minimum absolute atomic E-state index is 0.271. The van der Waals surface area contributed by atoms with Crippen molar-refractivity contribution in [2.24, 2.45) is 16.6 Å². The topological polar surface area (TPSA) is 26.0 Å². The van der Waals surface area contributed by atoms with E-state index in [0.29, 0.717) is 5.41 Å². The zero-order valence-electron chi connectivity index (χ0n) is 13.6. The van der Waals surface area contributed by atoms with Gasteiger partial charge in [-0.05, 0) is 30.2 Å². The molecule has 0 spiro atoms. The van der Waals surface area contributed by atoms with Crippen LogP contribution in [0.4, 0.5) is 0 Å². The lowest BCUT2D eigenvalue weighted by Crippen LogP contribution is -2.41. The molecule has 0 saturated carbocycles. The lowest BCUT2D eigenvalue weighted by molar-refractivity contribution is 0.0681. The van der Waals surface area contributed by atoms with E-state index in [-0.39, 0.29) is 5.41 Å². The molecule has 0 aliphatic carbocycles. The van der Waals surface area contributed by atoms with Crippen LogP contribution in [0, 0.1) is 10.8 Å². The summed E-state index contributed by atoms with van der Waals surface area (Å²) in [5.74, 6) is 0. The molecule has 2 N–H and O–H groups in total. The maximum absolute atomic E-state index is 6.03. The van der Waals surface area contributed by atoms with E-state index in [1.165, 1.54) is 57.8 Å². The normalized spacial score (nSPS) is 15.7. The van der Waals surface area contributed by atoms with Gasteiger partial charge in [-0.2, -0.15) is 0 Å². The molecule has 0 radical (unpaired) electrons. The molecule has 0 bridgehead atoms. The highest BCUT2D eigenvalue weighted by molar-refractivity contribution is 4.90. The molecule has 1 unspecified atom stereocenters. The average Bonchev–Trinajstić information content (AvgIpc) is 2.35. The van der Waals surface area contributed by atoms with Gasteiger partial charge in [0.1, 0.15) is 0 Å². The van der Waals surface area contributed by atoms with E-state index in [2.05, 4.69) is 34.6 Å². The molecule has 1 heteroatoms. The van der Waals surface area contributed by atoms with Crippen LogP contribution in [0.25, 0.3) is 0 Å². The quantitative estimate of drug-likeness (QED) is 0.483. The third kappa shape index (κ3) is 5.73. The standard InChI is InChI=1S/C17H37N/c1-6-8-10-12-14-17(5,13-11-9-7-2)16(3,4)15-18/h6-15,18H2,1-5H3. The van der Waals surface area contributed by atoms with Crippen molar-refractivity contribution < 1.29 is 0 Å². The molecule has 0 aromatic heterocycles. The molecule has 0 heterocycles. The van der Waals surface area contributed by atoms with Gasteiger partial charge in [0.25, 0.3) is 0 Å². The Morgan fingerprint density at radius 1 is 0.722 bits per heavy atom. The minimum Gasteiger partial charge on any atom is -0.330 e. The van der Waals surface area contributed by atoms with Gasteiger partial charge >= 0.3 is 0 Å². The van der Waals surface area contributed by atoms with Crippen LogP contribution in [0.5, 0.6) is 0 Å². The monoisotopic (exact) mass is 255 g/mol. The van der Waals surface area contributed by atoms with E-state index >= 15 is 0 Å². The molecule has 1 atom stereocenters. The largest absolute Gasteiger partial charge is 0.330 e. The summed E-state index contributed by atoms with van der Waals surface area (Å²) in [6.07, 6.45) is 12.2. The second kappa shape index (κ2) is 8.96. The summed E-state index contributed by atoms with van der Waals surface area (Å²) in [6, 6.07) is 0. The SMILES string of the molecule is CCCCCCC(C)(CCCCC)C(C)(C)CN. The molecule has 0 fully saturated rings. The van der Waals surface area contributed by atoms with E-state index in [9.17, 15) is 0 Å². The number of hydrogen-bond donors (Lipinski definition) is 1. The minimum atomic E-state index is 0.271. The first-order chi connectivity index (χ1) is 8.43. The smallest absolute Gasteiger partial charge is 0.00206 e. The second-order valence-electron chi connectivity index (χ2n) is 6.92. The molecule has 0 aromatic carbocycles. The molecule has 0 rings (SSSR count). The fourth-order valence-corrected chi connectivity index (χ4v) is 2.76. The Balaban J connectivity index is 4.39. The number of unbranched alkanes of at least 4 members (excludes halogenated alkanes) is 5. The van der Waals surface area contributed by atoms with Crippen LogP contribution in [0.1, 0.15) is 92.4 Å². The Morgan fingerprint density at radius 2 is 1.17 bits per heavy atom. The van der Waals surface area contributed by atoms with E-state index in [1.54, 1.807) is 0 Å². The van der Waals surface area contributed by atoms with Crippen molar-refractivity contribution >= 4 is 0 Å². The van der Waals surface area contributed by atoms with Crippen LogP contribution in [-0.2, 0) is 0 Å². The Morgan fingerprint density at radius 3 is 1.61 bits per heavy atom. The van der Waals surface area contributed by atoms with Gasteiger partial charge in [-0.15, -0.1) is 0 Å². The van der Waals surface area contributed by atoms with Crippen LogP contribution in [0.15, 0.2) is 0 Å². The summed E-state index contributed by atoms with van der Waals surface area (Å²) in [5, 5.41) is 0. The molecule has 1 nitrogen and oxygen atoms in total. The summed E-state index contributed by atoms with van der Waals surface area (Å²) >= 11 is 0.